The van der Waals surface area contributed by atoms with Crippen molar-refractivity contribution in [1.82, 2.24) is 14.4 Å². The predicted octanol–water partition coefficient (Wildman–Crippen LogP) is 1.55. The van der Waals surface area contributed by atoms with Gasteiger partial charge in [-0.3, -0.25) is 9.59 Å². The summed E-state index contributed by atoms with van der Waals surface area (Å²) < 4.78 is 1.94. The highest BCUT2D eigenvalue weighted by molar-refractivity contribution is 5.94. The molecular weight excluding hydrogens is 290 g/mol. The van der Waals surface area contributed by atoms with Crippen molar-refractivity contribution in [2.75, 3.05) is 26.2 Å². The van der Waals surface area contributed by atoms with Crippen molar-refractivity contribution in [3.63, 3.8) is 0 Å². The fourth-order valence-electron chi connectivity index (χ4n) is 2.87. The quantitative estimate of drug-likeness (QED) is 0.863. The Balaban J connectivity index is 1.54. The Morgan fingerprint density at radius 1 is 0.957 bits per heavy atom. The summed E-state index contributed by atoms with van der Waals surface area (Å²) in [5.74, 6) is 0.170. The van der Waals surface area contributed by atoms with Crippen LogP contribution in [0.25, 0.3) is 0 Å². The van der Waals surface area contributed by atoms with E-state index < -0.39 is 0 Å². The Morgan fingerprint density at radius 2 is 1.61 bits per heavy atom. The van der Waals surface area contributed by atoms with Gasteiger partial charge in [0, 0.05) is 51.2 Å². The van der Waals surface area contributed by atoms with Crippen molar-refractivity contribution in [3.8, 4) is 0 Å². The van der Waals surface area contributed by atoms with Crippen molar-refractivity contribution in [2.24, 2.45) is 7.05 Å². The first kappa shape index (κ1) is 15.3. The minimum Gasteiger partial charge on any atom is -0.357 e. The summed E-state index contributed by atoms with van der Waals surface area (Å²) in [7, 11) is 1.95. The third kappa shape index (κ3) is 3.62. The molecule has 0 radical (unpaired) electrons. The lowest BCUT2D eigenvalue weighted by molar-refractivity contribution is -0.131. The SMILES string of the molecule is Cn1ccc(CC(=O)N2CCN(C(=O)c3ccccc3)CC2)c1. The van der Waals surface area contributed by atoms with Crippen LogP contribution in [0, 0.1) is 0 Å². The maximum atomic E-state index is 12.4. The van der Waals surface area contributed by atoms with E-state index in [0.717, 1.165) is 5.56 Å². The molecule has 2 aromatic rings. The standard InChI is InChI=1S/C18H21N3O2/c1-19-8-7-15(14-19)13-17(22)20-9-11-21(12-10-20)18(23)16-5-3-2-4-6-16/h2-8,14H,9-13H2,1H3. The first-order valence-electron chi connectivity index (χ1n) is 7.86. The smallest absolute Gasteiger partial charge is 0.253 e. The van der Waals surface area contributed by atoms with E-state index in [0.29, 0.717) is 38.2 Å². The van der Waals surface area contributed by atoms with Gasteiger partial charge in [0.2, 0.25) is 5.91 Å². The summed E-state index contributed by atoms with van der Waals surface area (Å²) in [6.07, 6.45) is 4.33. The lowest BCUT2D eigenvalue weighted by Gasteiger charge is -2.34. The van der Waals surface area contributed by atoms with E-state index >= 15 is 0 Å². The summed E-state index contributed by atoms with van der Waals surface area (Å²) >= 11 is 0. The van der Waals surface area contributed by atoms with Crippen molar-refractivity contribution in [3.05, 3.63) is 59.9 Å². The Labute approximate surface area is 136 Å². The number of hydrogen-bond acceptors (Lipinski definition) is 2. The first-order chi connectivity index (χ1) is 11.1. The number of hydrogen-bond donors (Lipinski definition) is 0. The molecule has 5 nitrogen and oxygen atoms in total. The van der Waals surface area contributed by atoms with Gasteiger partial charge in [-0.2, -0.15) is 0 Å². The van der Waals surface area contributed by atoms with Crippen LogP contribution in [0.2, 0.25) is 0 Å². The van der Waals surface area contributed by atoms with Crippen LogP contribution in [0.4, 0.5) is 0 Å². The fraction of sp³-hybridized carbons (Fsp3) is 0.333. The van der Waals surface area contributed by atoms with E-state index in [1.165, 1.54) is 0 Å². The molecule has 23 heavy (non-hydrogen) atoms. The van der Waals surface area contributed by atoms with E-state index in [1.807, 2.05) is 70.2 Å². The second-order valence-electron chi connectivity index (χ2n) is 5.90. The molecule has 0 saturated carbocycles. The van der Waals surface area contributed by atoms with Gasteiger partial charge < -0.3 is 14.4 Å². The summed E-state index contributed by atoms with van der Waals surface area (Å²) in [5, 5.41) is 0. The van der Waals surface area contributed by atoms with E-state index in [9.17, 15) is 9.59 Å². The first-order valence-corrected chi connectivity index (χ1v) is 7.86. The number of aryl methyl sites for hydroxylation is 1. The van der Waals surface area contributed by atoms with Crippen molar-refractivity contribution in [2.45, 2.75) is 6.42 Å². The number of amides is 2. The molecule has 1 saturated heterocycles. The van der Waals surface area contributed by atoms with Gasteiger partial charge in [-0.15, -0.1) is 0 Å². The fourth-order valence-corrected chi connectivity index (χ4v) is 2.87. The average molecular weight is 311 g/mol. The van der Waals surface area contributed by atoms with Crippen LogP contribution >= 0.6 is 0 Å². The van der Waals surface area contributed by atoms with Crippen LogP contribution in [0.15, 0.2) is 48.8 Å². The molecule has 0 bridgehead atoms. The van der Waals surface area contributed by atoms with Crippen molar-refractivity contribution >= 4 is 11.8 Å². The molecule has 1 aromatic carbocycles. The van der Waals surface area contributed by atoms with Crippen molar-refractivity contribution < 1.29 is 9.59 Å². The molecule has 0 atom stereocenters. The summed E-state index contributed by atoms with van der Waals surface area (Å²) in [5.41, 5.74) is 1.73. The molecule has 0 unspecified atom stereocenters. The van der Waals surface area contributed by atoms with E-state index in [4.69, 9.17) is 0 Å². The average Bonchev–Trinajstić information content (AvgIpc) is 3.00. The molecular formula is C18H21N3O2. The third-order valence-electron chi connectivity index (χ3n) is 4.19. The largest absolute Gasteiger partial charge is 0.357 e. The molecule has 0 aliphatic carbocycles. The van der Waals surface area contributed by atoms with Gasteiger partial charge in [0.05, 0.1) is 6.42 Å². The highest BCUT2D eigenvalue weighted by Crippen LogP contribution is 2.10. The predicted molar refractivity (Wildman–Crippen MR) is 88.0 cm³/mol. The monoisotopic (exact) mass is 311 g/mol. The molecule has 2 amide bonds. The Kier molecular flexibility index (Phi) is 4.46. The molecule has 1 aromatic heterocycles. The second-order valence-corrected chi connectivity index (χ2v) is 5.90. The van der Waals surface area contributed by atoms with E-state index in [2.05, 4.69) is 0 Å². The number of rotatable bonds is 3. The Hall–Kier alpha value is -2.56. The Bertz CT molecular complexity index is 685. The summed E-state index contributed by atoms with van der Waals surface area (Å²) in [4.78, 5) is 28.4. The summed E-state index contributed by atoms with van der Waals surface area (Å²) in [6.45, 7) is 2.39. The van der Waals surface area contributed by atoms with Gasteiger partial charge in [0.1, 0.15) is 0 Å². The number of carbonyl (C=O) groups is 2. The number of benzene rings is 1. The van der Waals surface area contributed by atoms with E-state index in [1.54, 1.807) is 0 Å². The summed E-state index contributed by atoms with van der Waals surface area (Å²) in [6, 6.07) is 11.3. The third-order valence-corrected chi connectivity index (χ3v) is 4.19. The van der Waals surface area contributed by atoms with Crippen molar-refractivity contribution in [1.29, 1.82) is 0 Å². The molecule has 0 spiro atoms. The van der Waals surface area contributed by atoms with Gasteiger partial charge in [-0.1, -0.05) is 18.2 Å². The normalized spacial score (nSPS) is 14.8. The van der Waals surface area contributed by atoms with Crippen LogP contribution in [0.5, 0.6) is 0 Å². The van der Waals surface area contributed by atoms with Crippen LogP contribution in [0.1, 0.15) is 15.9 Å². The molecule has 1 aliphatic heterocycles. The number of aromatic nitrogens is 1. The van der Waals surface area contributed by atoms with Crippen LogP contribution in [-0.4, -0.2) is 52.4 Å². The highest BCUT2D eigenvalue weighted by atomic mass is 16.2. The zero-order valence-electron chi connectivity index (χ0n) is 13.3. The maximum absolute atomic E-state index is 12.4. The lowest BCUT2D eigenvalue weighted by Crippen LogP contribution is -2.51. The molecule has 2 heterocycles. The minimum absolute atomic E-state index is 0.0424. The molecule has 120 valence electrons. The van der Waals surface area contributed by atoms with Gasteiger partial charge in [0.25, 0.3) is 5.91 Å². The molecule has 1 fully saturated rings. The highest BCUT2D eigenvalue weighted by Gasteiger charge is 2.24. The molecule has 5 heteroatoms. The van der Waals surface area contributed by atoms with Gasteiger partial charge in [-0.05, 0) is 23.8 Å². The van der Waals surface area contributed by atoms with Gasteiger partial charge in [-0.25, -0.2) is 0 Å². The molecule has 1 aliphatic rings. The maximum Gasteiger partial charge on any atom is 0.253 e. The van der Waals surface area contributed by atoms with Crippen LogP contribution in [-0.2, 0) is 18.3 Å². The molecule has 3 rings (SSSR count). The van der Waals surface area contributed by atoms with Gasteiger partial charge >= 0.3 is 0 Å². The number of piperazine rings is 1. The zero-order chi connectivity index (χ0) is 16.2. The van der Waals surface area contributed by atoms with E-state index in [-0.39, 0.29) is 11.8 Å². The zero-order valence-corrected chi connectivity index (χ0v) is 13.3. The lowest BCUT2D eigenvalue weighted by atomic mass is 10.1. The topological polar surface area (TPSA) is 45.6 Å². The van der Waals surface area contributed by atoms with Crippen LogP contribution in [0.3, 0.4) is 0 Å². The number of carbonyl (C=O) groups excluding carboxylic acids is 2. The minimum atomic E-state index is 0.0424. The molecule has 0 N–H and O–H groups in total. The second kappa shape index (κ2) is 6.69. The Morgan fingerprint density at radius 3 is 2.22 bits per heavy atom. The van der Waals surface area contributed by atoms with Crippen LogP contribution < -0.4 is 0 Å². The number of nitrogens with zero attached hydrogens (tertiary/aromatic N) is 3. The van der Waals surface area contributed by atoms with Gasteiger partial charge in [0.15, 0.2) is 0 Å².